The smallest absolute Gasteiger partial charge is 0.213 e. The fourth-order valence-corrected chi connectivity index (χ4v) is 1.50. The Bertz CT molecular complexity index is 281. The Morgan fingerprint density at radius 2 is 2.14 bits per heavy atom. The van der Waals surface area contributed by atoms with Gasteiger partial charge in [0.15, 0.2) is 0 Å². The quantitative estimate of drug-likeness (QED) is 0.701. The molecule has 2 heterocycles. The third-order valence-corrected chi connectivity index (χ3v) is 2.31. The molecule has 0 saturated carbocycles. The van der Waals surface area contributed by atoms with E-state index in [0.29, 0.717) is 5.88 Å². The lowest BCUT2D eigenvalue weighted by atomic mass is 10.3. The van der Waals surface area contributed by atoms with E-state index in [0.717, 1.165) is 32.0 Å². The summed E-state index contributed by atoms with van der Waals surface area (Å²) in [5.74, 6) is 0.655. The van der Waals surface area contributed by atoms with Crippen LogP contribution in [0.4, 0.5) is 5.69 Å². The molecule has 0 spiro atoms. The monoisotopic (exact) mass is 194 g/mol. The second kappa shape index (κ2) is 4.28. The van der Waals surface area contributed by atoms with E-state index in [1.165, 1.54) is 0 Å². The highest BCUT2D eigenvalue weighted by Crippen LogP contribution is 2.16. The largest absolute Gasteiger partial charge is 0.481 e. The summed E-state index contributed by atoms with van der Waals surface area (Å²) in [6.45, 7) is 3.47. The molecule has 0 aromatic carbocycles. The van der Waals surface area contributed by atoms with Gasteiger partial charge in [-0.2, -0.15) is 0 Å². The van der Waals surface area contributed by atoms with Crippen molar-refractivity contribution < 1.29 is 9.47 Å². The van der Waals surface area contributed by atoms with E-state index < -0.39 is 0 Å². The maximum atomic E-state index is 5.28. The minimum absolute atomic E-state index is 0.655. The molecule has 1 aromatic heterocycles. The molecule has 2 rings (SSSR count). The highest BCUT2D eigenvalue weighted by atomic mass is 16.5. The molecule has 0 amide bonds. The summed E-state index contributed by atoms with van der Waals surface area (Å²) >= 11 is 0. The third kappa shape index (κ3) is 1.96. The Kier molecular flexibility index (Phi) is 2.84. The van der Waals surface area contributed by atoms with Gasteiger partial charge in [-0.3, -0.25) is 0 Å². The molecule has 0 bridgehead atoms. The van der Waals surface area contributed by atoms with E-state index in [9.17, 15) is 0 Å². The van der Waals surface area contributed by atoms with E-state index in [2.05, 4.69) is 9.88 Å². The van der Waals surface area contributed by atoms with Gasteiger partial charge in [0.1, 0.15) is 0 Å². The Morgan fingerprint density at radius 1 is 1.36 bits per heavy atom. The molecule has 1 aliphatic heterocycles. The van der Waals surface area contributed by atoms with Crippen LogP contribution in [0.1, 0.15) is 0 Å². The fourth-order valence-electron chi connectivity index (χ4n) is 1.50. The number of pyridine rings is 1. The number of rotatable bonds is 2. The molecule has 14 heavy (non-hydrogen) atoms. The fraction of sp³-hybridized carbons (Fsp3) is 0.500. The molecular formula is C10H14N2O2. The van der Waals surface area contributed by atoms with Crippen molar-refractivity contribution in [1.82, 2.24) is 4.98 Å². The maximum Gasteiger partial charge on any atom is 0.213 e. The van der Waals surface area contributed by atoms with Crippen molar-refractivity contribution in [3.63, 3.8) is 0 Å². The highest BCUT2D eigenvalue weighted by molar-refractivity contribution is 5.45. The van der Waals surface area contributed by atoms with E-state index in [-0.39, 0.29) is 0 Å². The molecule has 0 aliphatic carbocycles. The molecule has 4 heteroatoms. The van der Waals surface area contributed by atoms with Crippen LogP contribution in [0.15, 0.2) is 18.3 Å². The standard InChI is InChI=1S/C10H14N2O2/c1-13-10-3-2-9(8-11-10)12-4-6-14-7-5-12/h2-3,8H,4-7H2,1H3. The first-order valence-corrected chi connectivity index (χ1v) is 4.73. The van der Waals surface area contributed by atoms with Gasteiger partial charge >= 0.3 is 0 Å². The lowest BCUT2D eigenvalue weighted by molar-refractivity contribution is 0.122. The first-order valence-electron chi connectivity index (χ1n) is 4.73. The second-order valence-electron chi connectivity index (χ2n) is 3.16. The van der Waals surface area contributed by atoms with Crippen LogP contribution >= 0.6 is 0 Å². The van der Waals surface area contributed by atoms with Gasteiger partial charge in [0.25, 0.3) is 0 Å². The Labute approximate surface area is 83.5 Å². The minimum Gasteiger partial charge on any atom is -0.481 e. The third-order valence-electron chi connectivity index (χ3n) is 2.31. The first-order chi connectivity index (χ1) is 6.90. The molecular weight excluding hydrogens is 180 g/mol. The number of morpholine rings is 1. The van der Waals surface area contributed by atoms with E-state index in [4.69, 9.17) is 9.47 Å². The number of anilines is 1. The minimum atomic E-state index is 0.655. The van der Waals surface area contributed by atoms with Crippen LogP contribution in [-0.2, 0) is 4.74 Å². The van der Waals surface area contributed by atoms with Crippen LogP contribution in [0, 0.1) is 0 Å². The van der Waals surface area contributed by atoms with E-state index >= 15 is 0 Å². The highest BCUT2D eigenvalue weighted by Gasteiger charge is 2.10. The predicted octanol–water partition coefficient (Wildman–Crippen LogP) is 0.927. The zero-order chi connectivity index (χ0) is 9.80. The van der Waals surface area contributed by atoms with Gasteiger partial charge in [0, 0.05) is 19.2 Å². The summed E-state index contributed by atoms with van der Waals surface area (Å²) in [5, 5.41) is 0. The molecule has 1 aliphatic rings. The zero-order valence-electron chi connectivity index (χ0n) is 8.27. The van der Waals surface area contributed by atoms with Crippen molar-refractivity contribution in [2.75, 3.05) is 38.3 Å². The number of hydrogen-bond acceptors (Lipinski definition) is 4. The van der Waals surface area contributed by atoms with Gasteiger partial charge in [-0.05, 0) is 6.07 Å². The van der Waals surface area contributed by atoms with Crippen LogP contribution in [0.25, 0.3) is 0 Å². The summed E-state index contributed by atoms with van der Waals surface area (Å²) in [5.41, 5.74) is 1.13. The van der Waals surface area contributed by atoms with Crippen molar-refractivity contribution in [3.05, 3.63) is 18.3 Å². The van der Waals surface area contributed by atoms with Gasteiger partial charge in [-0.25, -0.2) is 4.98 Å². The van der Waals surface area contributed by atoms with Crippen LogP contribution in [0.5, 0.6) is 5.88 Å². The summed E-state index contributed by atoms with van der Waals surface area (Å²) in [6.07, 6.45) is 1.84. The number of ether oxygens (including phenoxy) is 2. The van der Waals surface area contributed by atoms with Crippen LogP contribution in [0.3, 0.4) is 0 Å². The van der Waals surface area contributed by atoms with Crippen molar-refractivity contribution in [1.29, 1.82) is 0 Å². The Balaban J connectivity index is 2.07. The van der Waals surface area contributed by atoms with E-state index in [1.54, 1.807) is 7.11 Å². The van der Waals surface area contributed by atoms with Crippen molar-refractivity contribution in [2.45, 2.75) is 0 Å². The molecule has 1 saturated heterocycles. The van der Waals surface area contributed by atoms with Gasteiger partial charge in [-0.15, -0.1) is 0 Å². The van der Waals surface area contributed by atoms with E-state index in [1.807, 2.05) is 18.3 Å². The van der Waals surface area contributed by atoms with Crippen molar-refractivity contribution >= 4 is 5.69 Å². The topological polar surface area (TPSA) is 34.6 Å². The lowest BCUT2D eigenvalue weighted by Crippen LogP contribution is -2.36. The number of nitrogens with zero attached hydrogens (tertiary/aromatic N) is 2. The van der Waals surface area contributed by atoms with Crippen LogP contribution < -0.4 is 9.64 Å². The second-order valence-corrected chi connectivity index (χ2v) is 3.16. The normalized spacial score (nSPS) is 16.8. The summed E-state index contributed by atoms with van der Waals surface area (Å²) in [6, 6.07) is 3.90. The molecule has 0 N–H and O–H groups in total. The van der Waals surface area contributed by atoms with Gasteiger partial charge in [0.2, 0.25) is 5.88 Å². The lowest BCUT2D eigenvalue weighted by Gasteiger charge is -2.28. The molecule has 0 radical (unpaired) electrons. The van der Waals surface area contributed by atoms with Crippen LogP contribution in [-0.4, -0.2) is 38.4 Å². The average Bonchev–Trinajstić information content (AvgIpc) is 2.30. The predicted molar refractivity (Wildman–Crippen MR) is 53.8 cm³/mol. The number of hydrogen-bond donors (Lipinski definition) is 0. The molecule has 0 atom stereocenters. The summed E-state index contributed by atoms with van der Waals surface area (Å²) in [4.78, 5) is 6.43. The van der Waals surface area contributed by atoms with Gasteiger partial charge < -0.3 is 14.4 Å². The zero-order valence-corrected chi connectivity index (χ0v) is 8.27. The summed E-state index contributed by atoms with van der Waals surface area (Å²) in [7, 11) is 1.62. The van der Waals surface area contributed by atoms with Crippen molar-refractivity contribution in [3.8, 4) is 5.88 Å². The van der Waals surface area contributed by atoms with Crippen LogP contribution in [0.2, 0.25) is 0 Å². The van der Waals surface area contributed by atoms with Gasteiger partial charge in [-0.1, -0.05) is 0 Å². The first kappa shape index (κ1) is 9.27. The molecule has 1 aromatic rings. The number of aromatic nitrogens is 1. The Morgan fingerprint density at radius 3 is 2.71 bits per heavy atom. The molecule has 1 fully saturated rings. The maximum absolute atomic E-state index is 5.28. The molecule has 76 valence electrons. The van der Waals surface area contributed by atoms with Crippen molar-refractivity contribution in [2.24, 2.45) is 0 Å². The average molecular weight is 194 g/mol. The summed E-state index contributed by atoms with van der Waals surface area (Å²) < 4.78 is 10.3. The number of methoxy groups -OCH3 is 1. The molecule has 0 unspecified atom stereocenters. The SMILES string of the molecule is COc1ccc(N2CCOCC2)cn1. The van der Waals surface area contributed by atoms with Gasteiger partial charge in [0.05, 0.1) is 32.2 Å². The Hall–Kier alpha value is -1.29. The molecule has 4 nitrogen and oxygen atoms in total.